The maximum atomic E-state index is 12.3. The van der Waals surface area contributed by atoms with E-state index in [1.54, 1.807) is 0 Å². The van der Waals surface area contributed by atoms with E-state index in [-0.39, 0.29) is 17.4 Å². The summed E-state index contributed by atoms with van der Waals surface area (Å²) in [6.07, 6.45) is 3.84. The molecule has 1 unspecified atom stereocenters. The summed E-state index contributed by atoms with van der Waals surface area (Å²) < 4.78 is 1.93. The number of aryl methyl sites for hydroxylation is 1. The SMILES string of the molecule is Cn1ncc2c1CC(C)(C)CC2NC(=O)c1cccs1. The zero-order valence-corrected chi connectivity index (χ0v) is 12.8. The molecule has 1 aliphatic rings. The molecular formula is C15H19N3OS. The fourth-order valence-electron chi connectivity index (χ4n) is 2.94. The van der Waals surface area contributed by atoms with Crippen LogP contribution in [-0.2, 0) is 13.5 Å². The summed E-state index contributed by atoms with van der Waals surface area (Å²) in [6.45, 7) is 4.49. The number of fused-ring (bicyclic) bond motifs is 1. The number of nitrogens with zero attached hydrogens (tertiary/aromatic N) is 2. The van der Waals surface area contributed by atoms with Crippen LogP contribution in [0.4, 0.5) is 0 Å². The summed E-state index contributed by atoms with van der Waals surface area (Å²) in [6, 6.07) is 3.81. The number of hydrogen-bond donors (Lipinski definition) is 1. The average molecular weight is 289 g/mol. The van der Waals surface area contributed by atoms with Gasteiger partial charge in [0, 0.05) is 18.3 Å². The average Bonchev–Trinajstić information content (AvgIpc) is 2.99. The summed E-state index contributed by atoms with van der Waals surface area (Å²) in [7, 11) is 1.97. The normalized spacial score (nSPS) is 20.4. The summed E-state index contributed by atoms with van der Waals surface area (Å²) in [5, 5.41) is 9.44. The maximum Gasteiger partial charge on any atom is 0.261 e. The first kappa shape index (κ1) is 13.4. The highest BCUT2D eigenvalue weighted by Crippen LogP contribution is 2.40. The highest BCUT2D eigenvalue weighted by molar-refractivity contribution is 7.12. The van der Waals surface area contributed by atoms with E-state index in [0.717, 1.165) is 23.3 Å². The molecule has 4 nitrogen and oxygen atoms in total. The van der Waals surface area contributed by atoms with E-state index in [0.29, 0.717) is 0 Å². The molecule has 0 aromatic carbocycles. The highest BCUT2D eigenvalue weighted by Gasteiger charge is 2.35. The van der Waals surface area contributed by atoms with Crippen LogP contribution < -0.4 is 5.32 Å². The first-order valence-corrected chi connectivity index (χ1v) is 7.69. The number of nitrogens with one attached hydrogen (secondary N) is 1. The first-order valence-electron chi connectivity index (χ1n) is 6.81. The van der Waals surface area contributed by atoms with Gasteiger partial charge in [-0.3, -0.25) is 9.48 Å². The Morgan fingerprint density at radius 3 is 3.05 bits per heavy atom. The maximum absolute atomic E-state index is 12.3. The van der Waals surface area contributed by atoms with E-state index in [1.165, 1.54) is 17.0 Å². The van der Waals surface area contributed by atoms with Crippen LogP contribution in [-0.4, -0.2) is 15.7 Å². The standard InChI is InChI=1S/C15H19N3OS/c1-15(2)7-11(10-9-16-18(3)12(10)8-15)17-14(19)13-5-4-6-20-13/h4-6,9,11H,7-8H2,1-3H3,(H,17,19). The quantitative estimate of drug-likeness (QED) is 0.924. The largest absolute Gasteiger partial charge is 0.344 e. The fourth-order valence-corrected chi connectivity index (χ4v) is 3.57. The van der Waals surface area contributed by atoms with E-state index in [1.807, 2.05) is 35.4 Å². The van der Waals surface area contributed by atoms with E-state index < -0.39 is 0 Å². The van der Waals surface area contributed by atoms with Crippen LogP contribution in [0.5, 0.6) is 0 Å². The highest BCUT2D eigenvalue weighted by atomic mass is 32.1. The van der Waals surface area contributed by atoms with Gasteiger partial charge in [0.2, 0.25) is 0 Å². The Hall–Kier alpha value is -1.62. The molecule has 3 rings (SSSR count). The van der Waals surface area contributed by atoms with E-state index in [2.05, 4.69) is 24.3 Å². The number of rotatable bonds is 2. The predicted octanol–water partition coefficient (Wildman–Crippen LogP) is 2.93. The van der Waals surface area contributed by atoms with Crippen LogP contribution in [0.15, 0.2) is 23.7 Å². The summed E-state index contributed by atoms with van der Waals surface area (Å²) >= 11 is 1.47. The van der Waals surface area contributed by atoms with Crippen molar-refractivity contribution in [3.8, 4) is 0 Å². The molecule has 106 valence electrons. The van der Waals surface area contributed by atoms with Gasteiger partial charge >= 0.3 is 0 Å². The molecule has 1 aliphatic carbocycles. The fraction of sp³-hybridized carbons (Fsp3) is 0.467. The zero-order valence-electron chi connectivity index (χ0n) is 12.0. The predicted molar refractivity (Wildman–Crippen MR) is 79.8 cm³/mol. The summed E-state index contributed by atoms with van der Waals surface area (Å²) in [5.74, 6) is 0.0116. The van der Waals surface area contributed by atoms with Crippen LogP contribution in [0.1, 0.15) is 47.2 Å². The Morgan fingerprint density at radius 1 is 1.55 bits per heavy atom. The molecule has 0 spiro atoms. The monoisotopic (exact) mass is 289 g/mol. The second kappa shape index (κ2) is 4.74. The van der Waals surface area contributed by atoms with Crippen molar-refractivity contribution < 1.29 is 4.79 Å². The van der Waals surface area contributed by atoms with E-state index >= 15 is 0 Å². The zero-order chi connectivity index (χ0) is 14.3. The molecular weight excluding hydrogens is 270 g/mol. The van der Waals surface area contributed by atoms with Gasteiger partial charge < -0.3 is 5.32 Å². The molecule has 1 amide bonds. The van der Waals surface area contributed by atoms with Crippen molar-refractivity contribution in [1.82, 2.24) is 15.1 Å². The summed E-state index contributed by atoms with van der Waals surface area (Å²) in [4.78, 5) is 13.0. The number of carbonyl (C=O) groups is 1. The van der Waals surface area contributed by atoms with Gasteiger partial charge in [-0.1, -0.05) is 19.9 Å². The number of hydrogen-bond acceptors (Lipinski definition) is 3. The molecule has 2 aromatic heterocycles. The van der Waals surface area contributed by atoms with E-state index in [4.69, 9.17) is 0 Å². The van der Waals surface area contributed by atoms with Crippen molar-refractivity contribution in [2.24, 2.45) is 12.5 Å². The van der Waals surface area contributed by atoms with Crippen LogP contribution in [0, 0.1) is 5.41 Å². The lowest BCUT2D eigenvalue weighted by atomic mass is 9.74. The van der Waals surface area contributed by atoms with Crippen LogP contribution in [0.3, 0.4) is 0 Å². The number of thiophene rings is 1. The Kier molecular flexibility index (Phi) is 3.17. The number of aromatic nitrogens is 2. The smallest absolute Gasteiger partial charge is 0.261 e. The lowest BCUT2D eigenvalue weighted by molar-refractivity contribution is 0.0923. The van der Waals surface area contributed by atoms with Crippen LogP contribution >= 0.6 is 11.3 Å². The van der Waals surface area contributed by atoms with Gasteiger partial charge in [0.1, 0.15) is 0 Å². The molecule has 0 bridgehead atoms. The first-order chi connectivity index (χ1) is 9.46. The van der Waals surface area contributed by atoms with Gasteiger partial charge in [-0.25, -0.2) is 0 Å². The van der Waals surface area contributed by atoms with Crippen molar-refractivity contribution in [3.05, 3.63) is 39.8 Å². The van der Waals surface area contributed by atoms with Crippen LogP contribution in [0.25, 0.3) is 0 Å². The molecule has 0 fully saturated rings. The van der Waals surface area contributed by atoms with Crippen LogP contribution in [0.2, 0.25) is 0 Å². The van der Waals surface area contributed by atoms with Gasteiger partial charge in [0.05, 0.1) is 17.1 Å². The second-order valence-corrected chi connectivity index (χ2v) is 7.17. The van der Waals surface area contributed by atoms with Gasteiger partial charge in [-0.15, -0.1) is 11.3 Å². The molecule has 2 heterocycles. The lowest BCUT2D eigenvalue weighted by Crippen LogP contribution is -2.36. The number of carbonyl (C=O) groups excluding carboxylic acids is 1. The molecule has 0 radical (unpaired) electrons. The third-order valence-electron chi connectivity index (χ3n) is 3.92. The minimum absolute atomic E-state index is 0.0116. The molecule has 0 aliphatic heterocycles. The molecule has 5 heteroatoms. The topological polar surface area (TPSA) is 46.9 Å². The van der Waals surface area contributed by atoms with Gasteiger partial charge in [-0.05, 0) is 29.7 Å². The van der Waals surface area contributed by atoms with Gasteiger partial charge in [0.15, 0.2) is 0 Å². The molecule has 1 atom stereocenters. The second-order valence-electron chi connectivity index (χ2n) is 6.22. The minimum atomic E-state index is 0.0116. The van der Waals surface area contributed by atoms with Crippen molar-refractivity contribution in [1.29, 1.82) is 0 Å². The van der Waals surface area contributed by atoms with Crippen molar-refractivity contribution in [3.63, 3.8) is 0 Å². The third-order valence-corrected chi connectivity index (χ3v) is 4.79. The molecule has 20 heavy (non-hydrogen) atoms. The van der Waals surface area contributed by atoms with Gasteiger partial charge in [-0.2, -0.15) is 5.10 Å². The molecule has 0 saturated heterocycles. The molecule has 2 aromatic rings. The summed E-state index contributed by atoms with van der Waals surface area (Å²) in [5.41, 5.74) is 2.57. The Morgan fingerprint density at radius 2 is 2.35 bits per heavy atom. The Labute approximate surface area is 122 Å². The third kappa shape index (κ3) is 2.38. The van der Waals surface area contributed by atoms with Crippen molar-refractivity contribution in [2.45, 2.75) is 32.7 Å². The van der Waals surface area contributed by atoms with E-state index in [9.17, 15) is 4.79 Å². The number of amides is 1. The van der Waals surface area contributed by atoms with Crippen molar-refractivity contribution in [2.75, 3.05) is 0 Å². The molecule has 1 N–H and O–H groups in total. The lowest BCUT2D eigenvalue weighted by Gasteiger charge is -2.35. The Bertz CT molecular complexity index is 628. The molecule has 0 saturated carbocycles. The Balaban J connectivity index is 1.88. The van der Waals surface area contributed by atoms with Crippen molar-refractivity contribution >= 4 is 17.2 Å². The van der Waals surface area contributed by atoms with Gasteiger partial charge in [0.25, 0.3) is 5.91 Å². The minimum Gasteiger partial charge on any atom is -0.344 e.